The van der Waals surface area contributed by atoms with Crippen LogP contribution in [0.5, 0.6) is 5.75 Å². The van der Waals surface area contributed by atoms with E-state index in [4.69, 9.17) is 9.47 Å². The molecule has 1 fully saturated rings. The second-order valence-electron chi connectivity index (χ2n) is 6.76. The van der Waals surface area contributed by atoms with Crippen LogP contribution in [0, 0.1) is 0 Å². The molecule has 3 aromatic rings. The summed E-state index contributed by atoms with van der Waals surface area (Å²) in [6.45, 7) is 1.28. The Morgan fingerprint density at radius 2 is 1.83 bits per heavy atom. The summed E-state index contributed by atoms with van der Waals surface area (Å²) in [5, 5.41) is 5.08. The Kier molecular flexibility index (Phi) is 5.61. The molecule has 0 saturated carbocycles. The number of amides is 2. The summed E-state index contributed by atoms with van der Waals surface area (Å²) in [7, 11) is 0. The third-order valence-electron chi connectivity index (χ3n) is 4.79. The lowest BCUT2D eigenvalue weighted by molar-refractivity contribution is -0.116. The SMILES string of the molecule is O=C(CCCOc1cccc2ccccc12)Nc1ccccc1N1CCOC1=O. The van der Waals surface area contributed by atoms with E-state index in [9.17, 15) is 9.59 Å². The van der Waals surface area contributed by atoms with Gasteiger partial charge in [-0.3, -0.25) is 9.69 Å². The van der Waals surface area contributed by atoms with E-state index < -0.39 is 6.09 Å². The van der Waals surface area contributed by atoms with Crippen molar-refractivity contribution in [2.75, 3.05) is 30.0 Å². The Bertz CT molecular complexity index is 1030. The van der Waals surface area contributed by atoms with Crippen molar-refractivity contribution in [1.29, 1.82) is 0 Å². The number of hydrogen-bond acceptors (Lipinski definition) is 4. The molecule has 3 aromatic carbocycles. The molecular weight excluding hydrogens is 368 g/mol. The molecule has 1 aliphatic heterocycles. The van der Waals surface area contributed by atoms with Gasteiger partial charge in [0.25, 0.3) is 0 Å². The number of hydrogen-bond donors (Lipinski definition) is 1. The number of carbonyl (C=O) groups excluding carboxylic acids is 2. The number of fused-ring (bicyclic) bond motifs is 1. The number of nitrogens with one attached hydrogen (secondary N) is 1. The number of para-hydroxylation sites is 2. The quantitative estimate of drug-likeness (QED) is 0.599. The first kappa shape index (κ1) is 18.8. The predicted molar refractivity (Wildman–Crippen MR) is 112 cm³/mol. The van der Waals surface area contributed by atoms with Gasteiger partial charge in [-0.15, -0.1) is 0 Å². The Hall–Kier alpha value is -3.54. The fraction of sp³-hybridized carbons (Fsp3) is 0.217. The molecular formula is C23H22N2O4. The second-order valence-corrected chi connectivity index (χ2v) is 6.76. The zero-order valence-electron chi connectivity index (χ0n) is 16.0. The second kappa shape index (κ2) is 8.65. The number of cyclic esters (lactones) is 1. The van der Waals surface area contributed by atoms with Gasteiger partial charge in [0.2, 0.25) is 5.91 Å². The van der Waals surface area contributed by atoms with E-state index in [-0.39, 0.29) is 5.91 Å². The standard InChI is InChI=1S/C23H22N2O4/c26-22(24-19-10-3-4-11-20(19)25-14-16-29-23(25)27)13-6-15-28-21-12-5-8-17-7-1-2-9-18(17)21/h1-5,7-12H,6,13-16H2,(H,24,26). The lowest BCUT2D eigenvalue weighted by Gasteiger charge is -2.17. The molecule has 148 valence electrons. The van der Waals surface area contributed by atoms with Crippen LogP contribution in [0.2, 0.25) is 0 Å². The molecule has 6 nitrogen and oxygen atoms in total. The summed E-state index contributed by atoms with van der Waals surface area (Å²) in [5.74, 6) is 0.702. The zero-order chi connectivity index (χ0) is 20.1. The summed E-state index contributed by atoms with van der Waals surface area (Å²) in [6.07, 6.45) is 0.516. The van der Waals surface area contributed by atoms with E-state index >= 15 is 0 Å². The number of anilines is 2. The third kappa shape index (κ3) is 4.32. The van der Waals surface area contributed by atoms with Gasteiger partial charge in [0.1, 0.15) is 12.4 Å². The van der Waals surface area contributed by atoms with Gasteiger partial charge in [0.05, 0.1) is 24.5 Å². The van der Waals surface area contributed by atoms with Gasteiger partial charge >= 0.3 is 6.09 Å². The van der Waals surface area contributed by atoms with Crippen molar-refractivity contribution in [3.8, 4) is 5.75 Å². The van der Waals surface area contributed by atoms with E-state index in [0.29, 0.717) is 44.0 Å². The van der Waals surface area contributed by atoms with Gasteiger partial charge in [0.15, 0.2) is 0 Å². The van der Waals surface area contributed by atoms with Gasteiger partial charge in [-0.2, -0.15) is 0 Å². The van der Waals surface area contributed by atoms with Gasteiger partial charge in [-0.05, 0) is 30.0 Å². The van der Waals surface area contributed by atoms with Crippen LogP contribution in [0.4, 0.5) is 16.2 Å². The van der Waals surface area contributed by atoms with Crippen molar-refractivity contribution in [3.63, 3.8) is 0 Å². The lowest BCUT2D eigenvalue weighted by Crippen LogP contribution is -2.25. The van der Waals surface area contributed by atoms with E-state index in [1.807, 2.05) is 54.6 Å². The molecule has 0 aromatic heterocycles. The normalized spacial score (nSPS) is 13.4. The van der Waals surface area contributed by atoms with Crippen molar-refractivity contribution in [2.24, 2.45) is 0 Å². The van der Waals surface area contributed by atoms with Crippen LogP contribution in [0.1, 0.15) is 12.8 Å². The average molecular weight is 390 g/mol. The molecule has 1 saturated heterocycles. The maximum atomic E-state index is 12.4. The van der Waals surface area contributed by atoms with Gasteiger partial charge in [-0.1, -0.05) is 48.5 Å². The summed E-state index contributed by atoms with van der Waals surface area (Å²) in [4.78, 5) is 25.7. The highest BCUT2D eigenvalue weighted by Crippen LogP contribution is 2.28. The first-order chi connectivity index (χ1) is 14.2. The summed E-state index contributed by atoms with van der Waals surface area (Å²) >= 11 is 0. The third-order valence-corrected chi connectivity index (χ3v) is 4.79. The molecule has 0 aliphatic carbocycles. The molecule has 2 amide bonds. The van der Waals surface area contributed by atoms with Crippen molar-refractivity contribution in [3.05, 3.63) is 66.7 Å². The largest absolute Gasteiger partial charge is 0.493 e. The molecule has 29 heavy (non-hydrogen) atoms. The Morgan fingerprint density at radius 3 is 2.69 bits per heavy atom. The summed E-state index contributed by atoms with van der Waals surface area (Å²) < 4.78 is 10.9. The predicted octanol–water partition coefficient (Wildman–Crippen LogP) is 4.59. The minimum absolute atomic E-state index is 0.119. The van der Waals surface area contributed by atoms with Crippen LogP contribution in [-0.4, -0.2) is 31.8 Å². The summed E-state index contributed by atoms with van der Waals surface area (Å²) in [5.41, 5.74) is 1.25. The average Bonchev–Trinajstić information content (AvgIpc) is 3.17. The van der Waals surface area contributed by atoms with Crippen LogP contribution < -0.4 is 15.0 Å². The highest BCUT2D eigenvalue weighted by atomic mass is 16.6. The fourth-order valence-corrected chi connectivity index (χ4v) is 3.38. The zero-order valence-corrected chi connectivity index (χ0v) is 16.0. The maximum Gasteiger partial charge on any atom is 0.414 e. The highest BCUT2D eigenvalue weighted by Gasteiger charge is 2.25. The topological polar surface area (TPSA) is 67.9 Å². The van der Waals surface area contributed by atoms with Crippen molar-refractivity contribution in [1.82, 2.24) is 0 Å². The lowest BCUT2D eigenvalue weighted by atomic mass is 10.1. The van der Waals surface area contributed by atoms with Crippen LogP contribution in [0.15, 0.2) is 66.7 Å². The van der Waals surface area contributed by atoms with E-state index in [0.717, 1.165) is 16.5 Å². The Labute approximate surface area is 169 Å². The molecule has 6 heteroatoms. The first-order valence-electron chi connectivity index (χ1n) is 9.66. The molecule has 1 N–H and O–H groups in total. The first-order valence-corrected chi connectivity index (χ1v) is 9.66. The van der Waals surface area contributed by atoms with Crippen molar-refractivity contribution >= 4 is 34.1 Å². The monoisotopic (exact) mass is 390 g/mol. The van der Waals surface area contributed by atoms with Gasteiger partial charge < -0.3 is 14.8 Å². The minimum atomic E-state index is -0.393. The number of nitrogens with zero attached hydrogens (tertiary/aromatic N) is 1. The molecule has 0 unspecified atom stereocenters. The van der Waals surface area contributed by atoms with Crippen LogP contribution in [0.25, 0.3) is 10.8 Å². The minimum Gasteiger partial charge on any atom is -0.493 e. The molecule has 1 aliphatic rings. The van der Waals surface area contributed by atoms with Crippen LogP contribution in [0.3, 0.4) is 0 Å². The number of rotatable bonds is 7. The molecule has 0 spiro atoms. The Balaban J connectivity index is 1.31. The van der Waals surface area contributed by atoms with Crippen LogP contribution >= 0.6 is 0 Å². The van der Waals surface area contributed by atoms with Crippen LogP contribution in [-0.2, 0) is 9.53 Å². The van der Waals surface area contributed by atoms with E-state index in [1.54, 1.807) is 12.1 Å². The van der Waals surface area contributed by atoms with Gasteiger partial charge in [-0.25, -0.2) is 4.79 Å². The van der Waals surface area contributed by atoms with Crippen molar-refractivity contribution in [2.45, 2.75) is 12.8 Å². The smallest absolute Gasteiger partial charge is 0.414 e. The summed E-state index contributed by atoms with van der Waals surface area (Å²) in [6, 6.07) is 21.2. The molecule has 0 radical (unpaired) electrons. The molecule has 4 rings (SSSR count). The number of benzene rings is 3. The Morgan fingerprint density at radius 1 is 1.03 bits per heavy atom. The molecule has 0 bridgehead atoms. The van der Waals surface area contributed by atoms with Crippen molar-refractivity contribution < 1.29 is 19.1 Å². The highest BCUT2D eigenvalue weighted by molar-refractivity contribution is 5.99. The molecule has 0 atom stereocenters. The fourth-order valence-electron chi connectivity index (χ4n) is 3.38. The van der Waals surface area contributed by atoms with E-state index in [1.165, 1.54) is 4.90 Å². The van der Waals surface area contributed by atoms with Gasteiger partial charge in [0, 0.05) is 11.8 Å². The number of ether oxygens (including phenoxy) is 2. The number of carbonyl (C=O) groups is 2. The maximum absolute atomic E-state index is 12.4. The molecule has 1 heterocycles. The van der Waals surface area contributed by atoms with E-state index in [2.05, 4.69) is 5.32 Å².